The van der Waals surface area contributed by atoms with Crippen LogP contribution in [0.25, 0.3) is 22.5 Å². The molecule has 11 heteroatoms. The molecule has 1 fully saturated rings. The van der Waals surface area contributed by atoms with Crippen molar-refractivity contribution in [1.82, 2.24) is 15.2 Å². The molecule has 0 spiro atoms. The van der Waals surface area contributed by atoms with Gasteiger partial charge in [-0.1, -0.05) is 25.9 Å². The summed E-state index contributed by atoms with van der Waals surface area (Å²) in [5.74, 6) is 0.294. The maximum Gasteiger partial charge on any atom is 0.422 e. The van der Waals surface area contributed by atoms with Crippen molar-refractivity contribution in [1.29, 1.82) is 0 Å². The second kappa shape index (κ2) is 8.92. The molecule has 2 heterocycles. The number of hydrogen-bond donors (Lipinski definition) is 2. The summed E-state index contributed by atoms with van der Waals surface area (Å²) >= 11 is 0. The second-order valence-corrected chi connectivity index (χ2v) is 10.2. The summed E-state index contributed by atoms with van der Waals surface area (Å²) in [7, 11) is 0. The monoisotopic (exact) mass is 496 g/mol. The molecular formula is C24H28F4N4O3. The number of rotatable bonds is 7. The van der Waals surface area contributed by atoms with E-state index in [1.807, 2.05) is 27.7 Å². The minimum Gasteiger partial charge on any atom is -0.484 e. The Morgan fingerprint density at radius 1 is 1.17 bits per heavy atom. The third-order valence-corrected chi connectivity index (χ3v) is 6.09. The lowest BCUT2D eigenvalue weighted by Crippen LogP contribution is -2.50. The Balaban J connectivity index is 1.63. The molecule has 7 nitrogen and oxygen atoms in total. The van der Waals surface area contributed by atoms with Crippen molar-refractivity contribution in [3.05, 3.63) is 29.3 Å². The van der Waals surface area contributed by atoms with Crippen LogP contribution in [-0.2, 0) is 5.41 Å². The van der Waals surface area contributed by atoms with Crippen molar-refractivity contribution in [2.45, 2.75) is 70.2 Å². The quantitative estimate of drug-likeness (QED) is 0.418. The highest BCUT2D eigenvalue weighted by atomic mass is 19.4. The van der Waals surface area contributed by atoms with Crippen LogP contribution < -0.4 is 10.1 Å². The molecule has 0 amide bonds. The number of aliphatic hydroxyl groups is 1. The number of aromatic nitrogens is 3. The zero-order valence-electron chi connectivity index (χ0n) is 20.0. The lowest BCUT2D eigenvalue weighted by molar-refractivity contribution is -0.153. The first-order valence-corrected chi connectivity index (χ1v) is 11.3. The van der Waals surface area contributed by atoms with Crippen molar-refractivity contribution < 1.29 is 31.8 Å². The van der Waals surface area contributed by atoms with Crippen LogP contribution in [0.1, 0.15) is 51.2 Å². The Bertz CT molecular complexity index is 1210. The molecule has 2 aromatic heterocycles. The summed E-state index contributed by atoms with van der Waals surface area (Å²) in [5.41, 5.74) is 1.07. The van der Waals surface area contributed by atoms with E-state index in [2.05, 4.69) is 15.5 Å². The standard InChI is InChI=1S/C24H28F4N4O3/c1-13-7-18(20-31-32-21(35-20)29-14-10-23(33,11-14)5-6-25)30-19-16(13)8-15(34-12-24(26,27)28)9-17(19)22(2,3)4/h7-9,14,33H,5-6,10-12H2,1-4H3,(H,29,32). The van der Waals surface area contributed by atoms with Crippen LogP contribution in [0.4, 0.5) is 23.6 Å². The van der Waals surface area contributed by atoms with Gasteiger partial charge >= 0.3 is 12.2 Å². The van der Waals surface area contributed by atoms with Crippen LogP contribution in [0.15, 0.2) is 22.6 Å². The smallest absolute Gasteiger partial charge is 0.422 e. The predicted octanol–water partition coefficient (Wildman–Crippen LogP) is 5.50. The molecule has 0 atom stereocenters. The number of pyridine rings is 1. The zero-order chi connectivity index (χ0) is 25.6. The van der Waals surface area contributed by atoms with E-state index in [-0.39, 0.29) is 30.1 Å². The number of hydrogen-bond acceptors (Lipinski definition) is 7. The summed E-state index contributed by atoms with van der Waals surface area (Å²) in [6, 6.07) is 4.93. The van der Waals surface area contributed by atoms with E-state index in [4.69, 9.17) is 14.1 Å². The first-order valence-electron chi connectivity index (χ1n) is 11.3. The SMILES string of the molecule is Cc1cc(-c2nnc(NC3CC(O)(CCF)C3)o2)nc2c(C(C)(C)C)cc(OCC(F)(F)F)cc12. The van der Waals surface area contributed by atoms with E-state index in [0.29, 0.717) is 29.4 Å². The number of ether oxygens (including phenoxy) is 1. The Hall–Kier alpha value is -2.95. The average molecular weight is 497 g/mol. The molecule has 0 radical (unpaired) electrons. The van der Waals surface area contributed by atoms with E-state index >= 15 is 0 Å². The molecule has 0 aliphatic heterocycles. The van der Waals surface area contributed by atoms with Gasteiger partial charge in [0, 0.05) is 17.8 Å². The molecule has 35 heavy (non-hydrogen) atoms. The highest BCUT2D eigenvalue weighted by Gasteiger charge is 2.42. The van der Waals surface area contributed by atoms with Gasteiger partial charge in [-0.2, -0.15) is 13.2 Å². The first kappa shape index (κ1) is 25.2. The number of fused-ring (bicyclic) bond motifs is 1. The molecule has 3 aromatic rings. The van der Waals surface area contributed by atoms with Crippen LogP contribution in [0, 0.1) is 6.92 Å². The molecule has 0 bridgehead atoms. The van der Waals surface area contributed by atoms with Crippen LogP contribution in [0.2, 0.25) is 0 Å². The summed E-state index contributed by atoms with van der Waals surface area (Å²) < 4.78 is 61.4. The third kappa shape index (κ3) is 5.66. The molecule has 190 valence electrons. The number of alkyl halides is 4. The number of nitrogens with zero attached hydrogens (tertiary/aromatic N) is 3. The molecular weight excluding hydrogens is 468 g/mol. The van der Waals surface area contributed by atoms with E-state index in [1.165, 1.54) is 0 Å². The maximum atomic E-state index is 12.7. The predicted molar refractivity (Wildman–Crippen MR) is 122 cm³/mol. The van der Waals surface area contributed by atoms with Crippen molar-refractivity contribution in [3.8, 4) is 17.3 Å². The molecule has 0 unspecified atom stereocenters. The fourth-order valence-electron chi connectivity index (χ4n) is 4.29. The third-order valence-electron chi connectivity index (χ3n) is 6.09. The molecule has 2 N–H and O–H groups in total. The molecule has 0 saturated heterocycles. The van der Waals surface area contributed by atoms with Crippen LogP contribution in [0.3, 0.4) is 0 Å². The Kier molecular flexibility index (Phi) is 6.41. The zero-order valence-corrected chi connectivity index (χ0v) is 20.0. The van der Waals surface area contributed by atoms with Gasteiger partial charge in [-0.05, 0) is 54.5 Å². The highest BCUT2D eigenvalue weighted by molar-refractivity contribution is 5.89. The van der Waals surface area contributed by atoms with Crippen molar-refractivity contribution in [2.24, 2.45) is 0 Å². The van der Waals surface area contributed by atoms with Crippen molar-refractivity contribution in [2.75, 3.05) is 18.6 Å². The topological polar surface area (TPSA) is 93.3 Å². The van der Waals surface area contributed by atoms with Crippen molar-refractivity contribution >= 4 is 16.9 Å². The highest BCUT2D eigenvalue weighted by Crippen LogP contribution is 2.38. The van der Waals surface area contributed by atoms with Gasteiger partial charge in [0.05, 0.1) is 17.8 Å². The maximum absolute atomic E-state index is 12.7. The second-order valence-electron chi connectivity index (χ2n) is 10.2. The number of anilines is 1. The van der Waals surface area contributed by atoms with Gasteiger partial charge in [0.1, 0.15) is 11.4 Å². The fourth-order valence-corrected chi connectivity index (χ4v) is 4.29. The van der Waals surface area contributed by atoms with Gasteiger partial charge in [0.25, 0.3) is 5.89 Å². The van der Waals surface area contributed by atoms with Gasteiger partial charge in [0.15, 0.2) is 6.61 Å². The molecule has 1 saturated carbocycles. The number of halogens is 4. The summed E-state index contributed by atoms with van der Waals surface area (Å²) in [4.78, 5) is 4.71. The molecule has 4 rings (SSSR count). The van der Waals surface area contributed by atoms with Gasteiger partial charge in [0.2, 0.25) is 0 Å². The summed E-state index contributed by atoms with van der Waals surface area (Å²) in [6.45, 7) is 5.69. The van der Waals surface area contributed by atoms with Crippen LogP contribution in [-0.4, -0.2) is 51.4 Å². The van der Waals surface area contributed by atoms with Crippen LogP contribution >= 0.6 is 0 Å². The van der Waals surface area contributed by atoms with Crippen molar-refractivity contribution in [3.63, 3.8) is 0 Å². The number of nitrogens with one attached hydrogen (secondary N) is 1. The van der Waals surface area contributed by atoms with E-state index in [1.54, 1.807) is 18.2 Å². The average Bonchev–Trinajstić information content (AvgIpc) is 3.18. The van der Waals surface area contributed by atoms with Gasteiger partial charge < -0.3 is 19.6 Å². The Labute approximate surface area is 199 Å². The van der Waals surface area contributed by atoms with Crippen LogP contribution in [0.5, 0.6) is 5.75 Å². The number of aryl methyl sites for hydroxylation is 1. The molecule has 1 aliphatic carbocycles. The largest absolute Gasteiger partial charge is 0.484 e. The van der Waals surface area contributed by atoms with Gasteiger partial charge in [-0.25, -0.2) is 4.98 Å². The van der Waals surface area contributed by atoms with E-state index in [0.717, 1.165) is 11.1 Å². The van der Waals surface area contributed by atoms with Gasteiger partial charge in [-0.15, -0.1) is 5.10 Å². The Morgan fingerprint density at radius 3 is 2.51 bits per heavy atom. The Morgan fingerprint density at radius 2 is 1.89 bits per heavy atom. The molecule has 1 aliphatic rings. The fraction of sp³-hybridized carbons (Fsp3) is 0.542. The van der Waals surface area contributed by atoms with E-state index < -0.39 is 30.5 Å². The summed E-state index contributed by atoms with van der Waals surface area (Å²) in [5, 5.41) is 21.9. The van der Waals surface area contributed by atoms with E-state index in [9.17, 15) is 22.7 Å². The lowest BCUT2D eigenvalue weighted by atomic mass is 9.74. The normalized spacial score (nSPS) is 20.7. The number of benzene rings is 1. The lowest BCUT2D eigenvalue weighted by Gasteiger charge is -2.43. The minimum atomic E-state index is -4.44. The first-order chi connectivity index (χ1) is 16.3. The summed E-state index contributed by atoms with van der Waals surface area (Å²) in [6.07, 6.45) is -3.58. The molecule has 1 aromatic carbocycles. The van der Waals surface area contributed by atoms with Gasteiger partial charge in [-0.3, -0.25) is 4.39 Å². The minimum absolute atomic E-state index is 0.0968.